The average Bonchev–Trinajstić information content (AvgIpc) is 3.01. The van der Waals surface area contributed by atoms with Crippen LogP contribution >= 0.6 is 23.7 Å². The van der Waals surface area contributed by atoms with Gasteiger partial charge in [-0.05, 0) is 29.5 Å². The number of hydrogen-bond acceptors (Lipinski definition) is 9. The Balaban J connectivity index is 1.96. The van der Waals surface area contributed by atoms with Crippen molar-refractivity contribution in [3.05, 3.63) is 29.3 Å². The average molecular weight is 441 g/mol. The number of hydrogen-bond donors (Lipinski definition) is 1. The van der Waals surface area contributed by atoms with Crippen LogP contribution in [0.25, 0.3) is 6.08 Å². The lowest BCUT2D eigenvalue weighted by Crippen LogP contribution is -2.41. The lowest BCUT2D eigenvalue weighted by molar-refractivity contribution is -0.114. The molecule has 28 heavy (non-hydrogen) atoms. The quantitative estimate of drug-likeness (QED) is 0.421. The second kappa shape index (κ2) is 7.97. The Hall–Kier alpha value is -2.31. The van der Waals surface area contributed by atoms with E-state index in [-0.39, 0.29) is 22.9 Å². The molecule has 2 heterocycles. The molecule has 3 rings (SSSR count). The Labute approximate surface area is 170 Å². The van der Waals surface area contributed by atoms with Gasteiger partial charge in [-0.1, -0.05) is 24.8 Å². The van der Waals surface area contributed by atoms with Crippen LogP contribution in [0.4, 0.5) is 0 Å². The molecule has 0 saturated carbocycles. The molecule has 0 spiro atoms. The third kappa shape index (κ3) is 4.23. The normalized spacial score (nSPS) is 18.1. The Morgan fingerprint density at radius 3 is 2.75 bits per heavy atom. The molecule has 148 valence electrons. The third-order valence-electron chi connectivity index (χ3n) is 3.51. The fourth-order valence-electron chi connectivity index (χ4n) is 2.40. The van der Waals surface area contributed by atoms with Crippen LogP contribution in [0.15, 0.2) is 33.2 Å². The smallest absolute Gasteiger partial charge is 0.306 e. The summed E-state index contributed by atoms with van der Waals surface area (Å²) in [4.78, 5) is 17.9. The molecule has 0 saturated heterocycles. The van der Waals surface area contributed by atoms with Crippen molar-refractivity contribution in [1.29, 1.82) is 5.41 Å². The Kier molecular flexibility index (Phi) is 5.82. The van der Waals surface area contributed by atoms with Crippen LogP contribution in [0.5, 0.6) is 11.5 Å². The number of rotatable bonds is 5. The molecule has 0 unspecified atom stereocenters. The van der Waals surface area contributed by atoms with Crippen molar-refractivity contribution >= 4 is 62.0 Å². The first-order valence-corrected chi connectivity index (χ1v) is 11.5. The van der Waals surface area contributed by atoms with Crippen LogP contribution in [-0.4, -0.2) is 54.5 Å². The van der Waals surface area contributed by atoms with Gasteiger partial charge in [-0.15, -0.1) is 0 Å². The molecule has 1 aromatic carbocycles. The molecule has 0 radical (unpaired) electrons. The summed E-state index contributed by atoms with van der Waals surface area (Å²) in [6.45, 7) is 1.97. The van der Waals surface area contributed by atoms with E-state index in [1.165, 1.54) is 42.0 Å². The van der Waals surface area contributed by atoms with Gasteiger partial charge in [-0.25, -0.2) is 4.90 Å². The number of carbonyl (C=O) groups excluding carboxylic acids is 1. The van der Waals surface area contributed by atoms with Gasteiger partial charge >= 0.3 is 10.1 Å². The summed E-state index contributed by atoms with van der Waals surface area (Å²) >= 11 is 2.52. The number of aliphatic imine (C=N–C) groups is 1. The molecule has 0 atom stereocenters. The minimum absolute atomic E-state index is 0.0184. The van der Waals surface area contributed by atoms with Crippen LogP contribution in [-0.2, 0) is 14.9 Å². The van der Waals surface area contributed by atoms with Crippen molar-refractivity contribution in [2.24, 2.45) is 9.39 Å². The number of nitrogens with one attached hydrogen (secondary N) is 1. The Bertz CT molecular complexity index is 1050. The highest BCUT2D eigenvalue weighted by Crippen LogP contribution is 2.33. The second-order valence-electron chi connectivity index (χ2n) is 5.54. The van der Waals surface area contributed by atoms with E-state index in [1.807, 2.05) is 6.92 Å². The fourth-order valence-corrected chi connectivity index (χ4v) is 4.43. The number of thioether (sulfide) groups is 1. The van der Waals surface area contributed by atoms with E-state index in [0.717, 1.165) is 24.0 Å². The van der Waals surface area contributed by atoms with Crippen molar-refractivity contribution in [3.63, 3.8) is 0 Å². The lowest BCUT2D eigenvalue weighted by atomic mass is 10.1. The van der Waals surface area contributed by atoms with Crippen LogP contribution < -0.4 is 8.92 Å². The molecular formula is C16H16N4O5S3. The number of ether oxygens (including phenoxy) is 1. The van der Waals surface area contributed by atoms with E-state index < -0.39 is 16.0 Å². The zero-order valence-corrected chi connectivity index (χ0v) is 17.6. The highest BCUT2D eigenvalue weighted by Gasteiger charge is 2.37. The number of amidine groups is 3. The highest BCUT2D eigenvalue weighted by atomic mass is 32.2. The maximum absolute atomic E-state index is 12.4. The van der Waals surface area contributed by atoms with E-state index >= 15 is 0 Å². The van der Waals surface area contributed by atoms with Gasteiger partial charge in [0.05, 0.1) is 30.9 Å². The Morgan fingerprint density at radius 2 is 2.11 bits per heavy atom. The maximum Gasteiger partial charge on any atom is 0.306 e. The minimum atomic E-state index is -3.71. The fraction of sp³-hybridized carbons (Fsp3) is 0.250. The van der Waals surface area contributed by atoms with E-state index in [4.69, 9.17) is 14.3 Å². The first kappa shape index (κ1) is 20.4. The summed E-state index contributed by atoms with van der Waals surface area (Å²) in [5, 5.41) is 9.39. The van der Waals surface area contributed by atoms with Gasteiger partial charge in [-0.2, -0.15) is 17.8 Å². The number of methoxy groups -OCH3 is 1. The van der Waals surface area contributed by atoms with Crippen molar-refractivity contribution in [2.75, 3.05) is 19.1 Å². The van der Waals surface area contributed by atoms with Gasteiger partial charge in [-0.3, -0.25) is 10.2 Å². The molecule has 1 aromatic rings. The molecule has 1 N–H and O–H groups in total. The summed E-state index contributed by atoms with van der Waals surface area (Å²) in [6, 6.07) is 4.50. The molecule has 0 fully saturated rings. The van der Waals surface area contributed by atoms with Crippen LogP contribution in [0.3, 0.4) is 0 Å². The molecule has 9 nitrogen and oxygen atoms in total. The maximum atomic E-state index is 12.4. The molecule has 0 aliphatic carbocycles. The summed E-state index contributed by atoms with van der Waals surface area (Å²) in [5.41, 5.74) is 0.618. The van der Waals surface area contributed by atoms with Crippen molar-refractivity contribution in [2.45, 2.75) is 6.92 Å². The monoisotopic (exact) mass is 440 g/mol. The van der Waals surface area contributed by atoms with Gasteiger partial charge in [0.1, 0.15) is 5.84 Å². The van der Waals surface area contributed by atoms with Gasteiger partial charge < -0.3 is 8.92 Å². The zero-order valence-electron chi connectivity index (χ0n) is 15.1. The SMILES string of the molecule is CCSC1=NSC2=NC(=O)/C(=C\c3ccc(OS(C)(=O)=O)c(OC)c3)C(=N)N12. The number of fused-ring (bicyclic) bond motifs is 1. The molecule has 1 amide bonds. The molecule has 0 bridgehead atoms. The van der Waals surface area contributed by atoms with E-state index in [9.17, 15) is 13.2 Å². The van der Waals surface area contributed by atoms with Gasteiger partial charge in [0.15, 0.2) is 16.7 Å². The zero-order chi connectivity index (χ0) is 20.5. The standard InChI is InChI=1S/C16H16N4O5S3/c1-4-26-16-19-27-15-18-14(21)10(13(17)20(15)16)7-9-5-6-11(12(8-9)24-2)25-28(3,22)23/h5-8,17H,4H2,1-3H3/b10-7-,17-13?. The van der Waals surface area contributed by atoms with Crippen molar-refractivity contribution in [1.82, 2.24) is 4.90 Å². The first-order chi connectivity index (χ1) is 13.2. The van der Waals surface area contributed by atoms with Crippen LogP contribution in [0, 0.1) is 5.41 Å². The van der Waals surface area contributed by atoms with Gasteiger partial charge in [0.2, 0.25) is 5.17 Å². The highest BCUT2D eigenvalue weighted by molar-refractivity contribution is 8.19. The van der Waals surface area contributed by atoms with Crippen molar-refractivity contribution < 1.29 is 22.1 Å². The predicted molar refractivity (Wildman–Crippen MR) is 112 cm³/mol. The van der Waals surface area contributed by atoms with Gasteiger partial charge in [0, 0.05) is 0 Å². The second-order valence-corrected chi connectivity index (χ2v) is 9.07. The Morgan fingerprint density at radius 1 is 1.36 bits per heavy atom. The summed E-state index contributed by atoms with van der Waals surface area (Å²) < 4.78 is 37.0. The topological polar surface area (TPSA) is 121 Å². The lowest BCUT2D eigenvalue weighted by Gasteiger charge is -2.24. The number of carbonyl (C=O) groups is 1. The predicted octanol–water partition coefficient (Wildman–Crippen LogP) is 2.36. The number of nitrogens with zero attached hydrogens (tertiary/aromatic N) is 3. The van der Waals surface area contributed by atoms with E-state index in [2.05, 4.69) is 9.39 Å². The van der Waals surface area contributed by atoms with Crippen LogP contribution in [0.2, 0.25) is 0 Å². The van der Waals surface area contributed by atoms with Gasteiger partial charge in [0.25, 0.3) is 5.91 Å². The molecule has 0 aromatic heterocycles. The number of amides is 1. The summed E-state index contributed by atoms with van der Waals surface area (Å²) in [5.74, 6) is 0.413. The largest absolute Gasteiger partial charge is 0.493 e. The summed E-state index contributed by atoms with van der Waals surface area (Å²) in [6.07, 6.45) is 2.43. The molecule has 2 aliphatic rings. The molecule has 2 aliphatic heterocycles. The van der Waals surface area contributed by atoms with E-state index in [1.54, 1.807) is 6.07 Å². The van der Waals surface area contributed by atoms with Crippen molar-refractivity contribution in [3.8, 4) is 11.5 Å². The van der Waals surface area contributed by atoms with E-state index in [0.29, 0.717) is 15.9 Å². The molecule has 12 heteroatoms. The number of benzene rings is 1. The minimum Gasteiger partial charge on any atom is -0.493 e. The van der Waals surface area contributed by atoms with Crippen LogP contribution in [0.1, 0.15) is 12.5 Å². The third-order valence-corrected chi connectivity index (χ3v) is 5.63. The molecular weight excluding hydrogens is 424 g/mol. The first-order valence-electron chi connectivity index (χ1n) is 7.92. The summed E-state index contributed by atoms with van der Waals surface area (Å²) in [7, 11) is -2.34.